The average molecular weight is 357 g/mol. The van der Waals surface area contributed by atoms with Gasteiger partial charge in [0.2, 0.25) is 0 Å². The van der Waals surface area contributed by atoms with Crippen LogP contribution >= 0.6 is 0 Å². The van der Waals surface area contributed by atoms with E-state index >= 15 is 0 Å². The van der Waals surface area contributed by atoms with E-state index in [1.54, 1.807) is 19.1 Å². The molecule has 0 saturated heterocycles. The number of rotatable bonds is 4. The smallest absolute Gasteiger partial charge is 0.338 e. The molecule has 0 spiro atoms. The molecule has 1 atom stereocenters. The quantitative estimate of drug-likeness (QED) is 0.480. The number of benzene rings is 1. The molecular formula is C18H19N3O5. The van der Waals surface area contributed by atoms with Crippen molar-refractivity contribution in [3.05, 3.63) is 62.6 Å². The van der Waals surface area contributed by atoms with Crippen LogP contribution in [0.2, 0.25) is 0 Å². The van der Waals surface area contributed by atoms with Gasteiger partial charge in [-0.05, 0) is 19.8 Å². The first-order valence-electron chi connectivity index (χ1n) is 8.39. The normalized spacial score (nSPS) is 19.7. The minimum atomic E-state index is -0.917. The Labute approximate surface area is 149 Å². The summed E-state index contributed by atoms with van der Waals surface area (Å²) in [5.41, 5.74) is 7.18. The van der Waals surface area contributed by atoms with Crippen LogP contribution in [0.3, 0.4) is 0 Å². The van der Waals surface area contributed by atoms with E-state index in [2.05, 4.69) is 5.32 Å². The number of carbonyl (C=O) groups excluding carboxylic acids is 2. The minimum absolute atomic E-state index is 0.0372. The summed E-state index contributed by atoms with van der Waals surface area (Å²) in [6.45, 7) is 1.78. The summed E-state index contributed by atoms with van der Waals surface area (Å²) in [7, 11) is 0. The van der Waals surface area contributed by atoms with Gasteiger partial charge in [0.05, 0.1) is 23.0 Å². The number of carbonyl (C=O) groups is 2. The SMILES string of the molecule is CCOC(=O)C1=C(N)NC2=C(C(=O)CCC2)C1c1ccccc1[N+](=O)[O-]. The van der Waals surface area contributed by atoms with Gasteiger partial charge in [0, 0.05) is 29.3 Å². The number of allylic oxidation sites excluding steroid dienone is 2. The van der Waals surface area contributed by atoms with E-state index in [0.29, 0.717) is 30.5 Å². The van der Waals surface area contributed by atoms with Crippen LogP contribution < -0.4 is 11.1 Å². The van der Waals surface area contributed by atoms with Crippen molar-refractivity contribution in [1.29, 1.82) is 0 Å². The lowest BCUT2D eigenvalue weighted by atomic mass is 9.75. The van der Waals surface area contributed by atoms with Gasteiger partial charge in [0.25, 0.3) is 5.69 Å². The molecule has 26 heavy (non-hydrogen) atoms. The second-order valence-electron chi connectivity index (χ2n) is 6.09. The third kappa shape index (κ3) is 2.94. The molecular weight excluding hydrogens is 338 g/mol. The number of ether oxygens (including phenoxy) is 1. The number of nitrogens with two attached hydrogens (primary N) is 1. The molecule has 1 aliphatic heterocycles. The van der Waals surface area contributed by atoms with Crippen LogP contribution in [-0.2, 0) is 14.3 Å². The maximum absolute atomic E-state index is 12.6. The van der Waals surface area contributed by atoms with Gasteiger partial charge >= 0.3 is 5.97 Å². The number of Topliss-reactive ketones (excluding diaryl/α,β-unsaturated/α-hetero) is 1. The van der Waals surface area contributed by atoms with Crippen LogP contribution in [0.25, 0.3) is 0 Å². The van der Waals surface area contributed by atoms with Gasteiger partial charge in [-0.25, -0.2) is 4.79 Å². The molecule has 0 aromatic heterocycles. The Morgan fingerprint density at radius 1 is 1.38 bits per heavy atom. The van der Waals surface area contributed by atoms with Crippen molar-refractivity contribution in [1.82, 2.24) is 5.32 Å². The highest BCUT2D eigenvalue weighted by Gasteiger charge is 2.42. The highest BCUT2D eigenvalue weighted by molar-refractivity contribution is 6.04. The number of esters is 1. The molecule has 1 aromatic rings. The topological polar surface area (TPSA) is 125 Å². The van der Waals surface area contributed by atoms with E-state index in [4.69, 9.17) is 10.5 Å². The lowest BCUT2D eigenvalue weighted by Crippen LogP contribution is -2.38. The molecule has 0 saturated carbocycles. The Morgan fingerprint density at radius 3 is 2.81 bits per heavy atom. The lowest BCUT2D eigenvalue weighted by molar-refractivity contribution is -0.385. The molecule has 136 valence electrons. The van der Waals surface area contributed by atoms with Crippen molar-refractivity contribution in [2.75, 3.05) is 6.61 Å². The summed E-state index contributed by atoms with van der Waals surface area (Å²) < 4.78 is 5.10. The minimum Gasteiger partial charge on any atom is -0.463 e. The van der Waals surface area contributed by atoms with Crippen molar-refractivity contribution in [3.63, 3.8) is 0 Å². The number of hydrogen-bond donors (Lipinski definition) is 2. The van der Waals surface area contributed by atoms with Gasteiger partial charge < -0.3 is 15.8 Å². The molecule has 2 aliphatic rings. The second-order valence-corrected chi connectivity index (χ2v) is 6.09. The van der Waals surface area contributed by atoms with E-state index in [0.717, 1.165) is 0 Å². The van der Waals surface area contributed by atoms with Crippen molar-refractivity contribution >= 4 is 17.4 Å². The molecule has 1 unspecified atom stereocenters. The van der Waals surface area contributed by atoms with Crippen molar-refractivity contribution in [2.24, 2.45) is 5.73 Å². The molecule has 1 heterocycles. The average Bonchev–Trinajstić information content (AvgIpc) is 2.60. The van der Waals surface area contributed by atoms with E-state index in [9.17, 15) is 19.7 Å². The van der Waals surface area contributed by atoms with Crippen molar-refractivity contribution < 1.29 is 19.2 Å². The Hall–Kier alpha value is -3.16. The summed E-state index contributed by atoms with van der Waals surface area (Å²) >= 11 is 0. The van der Waals surface area contributed by atoms with E-state index < -0.39 is 16.8 Å². The first-order chi connectivity index (χ1) is 12.5. The molecule has 1 aromatic carbocycles. The third-order valence-electron chi connectivity index (χ3n) is 4.55. The second kappa shape index (κ2) is 6.99. The van der Waals surface area contributed by atoms with E-state index in [1.807, 2.05) is 0 Å². The number of nitro groups is 1. The van der Waals surface area contributed by atoms with E-state index in [-0.39, 0.29) is 35.0 Å². The number of nitro benzene ring substituents is 1. The largest absolute Gasteiger partial charge is 0.463 e. The Morgan fingerprint density at radius 2 is 2.12 bits per heavy atom. The number of hydrogen-bond acceptors (Lipinski definition) is 7. The van der Waals surface area contributed by atoms with Crippen LogP contribution in [-0.4, -0.2) is 23.3 Å². The number of dihydropyridines is 1. The fourth-order valence-corrected chi connectivity index (χ4v) is 3.50. The number of nitrogens with one attached hydrogen (secondary N) is 1. The third-order valence-corrected chi connectivity index (χ3v) is 4.55. The Kier molecular flexibility index (Phi) is 4.75. The predicted octanol–water partition coefficient (Wildman–Crippen LogP) is 2.02. The van der Waals surface area contributed by atoms with Gasteiger partial charge in [0.1, 0.15) is 5.82 Å². The molecule has 1 aliphatic carbocycles. The summed E-state index contributed by atoms with van der Waals surface area (Å²) in [4.78, 5) is 36.2. The maximum atomic E-state index is 12.6. The van der Waals surface area contributed by atoms with Crippen LogP contribution in [0.5, 0.6) is 0 Å². The number of ketones is 1. The standard InChI is InChI=1S/C18H19N3O5/c1-2-26-18(23)16-14(10-6-3-4-8-12(10)21(24)25)15-11(20-17(16)19)7-5-9-13(15)22/h3-4,6,8,14,20H,2,5,7,9,19H2,1H3. The highest BCUT2D eigenvalue weighted by atomic mass is 16.6. The molecule has 0 fully saturated rings. The predicted molar refractivity (Wildman–Crippen MR) is 92.7 cm³/mol. The van der Waals surface area contributed by atoms with Gasteiger partial charge in [-0.2, -0.15) is 0 Å². The van der Waals surface area contributed by atoms with Gasteiger partial charge in [-0.3, -0.25) is 14.9 Å². The van der Waals surface area contributed by atoms with Gasteiger partial charge in [-0.15, -0.1) is 0 Å². The first kappa shape index (κ1) is 17.7. The van der Waals surface area contributed by atoms with Crippen LogP contribution in [0.15, 0.2) is 46.9 Å². The maximum Gasteiger partial charge on any atom is 0.338 e. The van der Waals surface area contributed by atoms with Crippen LogP contribution in [0, 0.1) is 10.1 Å². The highest BCUT2D eigenvalue weighted by Crippen LogP contribution is 2.44. The summed E-state index contributed by atoms with van der Waals surface area (Å²) in [6.07, 6.45) is 1.58. The molecule has 0 radical (unpaired) electrons. The van der Waals surface area contributed by atoms with E-state index in [1.165, 1.54) is 12.1 Å². The Bertz CT molecular complexity index is 856. The molecule has 8 heteroatoms. The first-order valence-corrected chi connectivity index (χ1v) is 8.39. The molecule has 3 rings (SSSR count). The summed E-state index contributed by atoms with van der Waals surface area (Å²) in [5.74, 6) is -1.68. The summed E-state index contributed by atoms with van der Waals surface area (Å²) in [5, 5.41) is 14.4. The molecule has 0 bridgehead atoms. The fraction of sp³-hybridized carbons (Fsp3) is 0.333. The zero-order valence-electron chi connectivity index (χ0n) is 14.3. The molecule has 3 N–H and O–H groups in total. The molecule has 8 nitrogen and oxygen atoms in total. The van der Waals surface area contributed by atoms with Crippen molar-refractivity contribution in [3.8, 4) is 0 Å². The Balaban J connectivity index is 2.25. The lowest BCUT2D eigenvalue weighted by Gasteiger charge is -2.33. The van der Waals surface area contributed by atoms with Crippen molar-refractivity contribution in [2.45, 2.75) is 32.1 Å². The molecule has 0 amide bonds. The van der Waals surface area contributed by atoms with Gasteiger partial charge in [-0.1, -0.05) is 18.2 Å². The zero-order chi connectivity index (χ0) is 18.8. The van der Waals surface area contributed by atoms with Crippen LogP contribution in [0.1, 0.15) is 37.7 Å². The monoisotopic (exact) mass is 357 g/mol. The summed E-state index contributed by atoms with van der Waals surface area (Å²) in [6, 6.07) is 6.08. The van der Waals surface area contributed by atoms with Crippen LogP contribution in [0.4, 0.5) is 5.69 Å². The number of nitrogens with zero attached hydrogens (tertiary/aromatic N) is 1. The number of para-hydroxylation sites is 1. The zero-order valence-corrected chi connectivity index (χ0v) is 14.3. The van der Waals surface area contributed by atoms with Gasteiger partial charge in [0.15, 0.2) is 5.78 Å². The fourth-order valence-electron chi connectivity index (χ4n) is 3.50.